The summed E-state index contributed by atoms with van der Waals surface area (Å²) in [6.45, 7) is 7.57. The van der Waals surface area contributed by atoms with Gasteiger partial charge in [0, 0.05) is 17.9 Å². The minimum absolute atomic E-state index is 0.0678. The minimum Gasteiger partial charge on any atom is -0.325 e. The number of benzene rings is 1. The van der Waals surface area contributed by atoms with Crippen LogP contribution in [-0.4, -0.2) is 40.2 Å². The van der Waals surface area contributed by atoms with Crippen molar-refractivity contribution < 1.29 is 4.79 Å². The zero-order chi connectivity index (χ0) is 16.9. The van der Waals surface area contributed by atoms with E-state index in [2.05, 4.69) is 33.0 Å². The van der Waals surface area contributed by atoms with Crippen LogP contribution in [-0.2, 0) is 11.3 Å². The largest absolute Gasteiger partial charge is 0.325 e. The van der Waals surface area contributed by atoms with Gasteiger partial charge in [0.2, 0.25) is 5.91 Å². The monoisotopic (exact) mass is 326 g/mol. The number of likely N-dealkylation sites (tertiary alicyclic amines) is 1. The van der Waals surface area contributed by atoms with Crippen LogP contribution in [0.4, 0.5) is 5.69 Å². The second-order valence-corrected chi connectivity index (χ2v) is 6.74. The first-order valence-corrected chi connectivity index (χ1v) is 8.68. The van der Waals surface area contributed by atoms with Crippen LogP contribution < -0.4 is 5.32 Å². The van der Waals surface area contributed by atoms with Crippen LogP contribution in [0.15, 0.2) is 36.4 Å². The topological polar surface area (TPSA) is 50.2 Å². The first-order chi connectivity index (χ1) is 11.6. The number of nitrogens with zero attached hydrogens (tertiary/aromatic N) is 3. The van der Waals surface area contributed by atoms with Gasteiger partial charge in [-0.05, 0) is 63.9 Å². The molecule has 1 amide bonds. The smallest absolute Gasteiger partial charge is 0.238 e. The second-order valence-electron chi connectivity index (χ2n) is 6.74. The van der Waals surface area contributed by atoms with E-state index in [1.165, 1.54) is 5.69 Å². The number of para-hydroxylation sites is 1. The Bertz CT molecular complexity index is 672. The van der Waals surface area contributed by atoms with E-state index in [1.807, 2.05) is 37.3 Å². The Morgan fingerprint density at radius 2 is 1.92 bits per heavy atom. The summed E-state index contributed by atoms with van der Waals surface area (Å²) in [5, 5.41) is 7.51. The average molecular weight is 326 g/mol. The highest BCUT2D eigenvalue weighted by Gasteiger charge is 2.21. The van der Waals surface area contributed by atoms with Gasteiger partial charge in [0.1, 0.15) is 0 Å². The molecule has 128 valence electrons. The van der Waals surface area contributed by atoms with Gasteiger partial charge in [0.15, 0.2) is 0 Å². The summed E-state index contributed by atoms with van der Waals surface area (Å²) in [5.74, 6) is 0.717. The molecule has 1 N–H and O–H groups in total. The fraction of sp³-hybridized carbons (Fsp3) is 0.474. The molecule has 0 bridgehead atoms. The molecular formula is C19H26N4O. The van der Waals surface area contributed by atoms with E-state index in [4.69, 9.17) is 0 Å². The van der Waals surface area contributed by atoms with Crippen molar-refractivity contribution in [1.82, 2.24) is 14.7 Å². The highest BCUT2D eigenvalue weighted by atomic mass is 16.2. The highest BCUT2D eigenvalue weighted by Crippen LogP contribution is 2.20. The van der Waals surface area contributed by atoms with Crippen LogP contribution in [0, 0.1) is 19.8 Å². The Balaban J connectivity index is 1.43. The van der Waals surface area contributed by atoms with Gasteiger partial charge in [0.25, 0.3) is 0 Å². The Labute approximate surface area is 143 Å². The summed E-state index contributed by atoms with van der Waals surface area (Å²) >= 11 is 0. The number of piperidine rings is 1. The molecule has 1 aromatic carbocycles. The molecule has 3 rings (SSSR count). The predicted molar refractivity (Wildman–Crippen MR) is 95.9 cm³/mol. The summed E-state index contributed by atoms with van der Waals surface area (Å²) < 4.78 is 2.12. The fourth-order valence-corrected chi connectivity index (χ4v) is 3.36. The van der Waals surface area contributed by atoms with Crippen molar-refractivity contribution in [2.45, 2.75) is 33.2 Å². The number of nitrogens with one attached hydrogen (secondary N) is 1. The third kappa shape index (κ3) is 4.45. The molecule has 5 heteroatoms. The maximum atomic E-state index is 12.1. The number of anilines is 1. The van der Waals surface area contributed by atoms with Crippen molar-refractivity contribution in [2.24, 2.45) is 5.92 Å². The standard InChI is InChI=1S/C19H26N4O/c1-15-12-16(2)23(21-15)13-17-8-10-22(11-9-17)14-19(24)20-18-6-4-3-5-7-18/h3-7,12,17H,8-11,13-14H2,1-2H3,(H,20,24). The van der Waals surface area contributed by atoms with E-state index in [1.54, 1.807) is 0 Å². The van der Waals surface area contributed by atoms with Gasteiger partial charge in [-0.3, -0.25) is 14.4 Å². The maximum absolute atomic E-state index is 12.1. The Morgan fingerprint density at radius 3 is 2.54 bits per heavy atom. The first kappa shape index (κ1) is 16.7. The van der Waals surface area contributed by atoms with Crippen molar-refractivity contribution >= 4 is 11.6 Å². The molecule has 5 nitrogen and oxygen atoms in total. The molecule has 0 radical (unpaired) electrons. The average Bonchev–Trinajstić information content (AvgIpc) is 2.87. The highest BCUT2D eigenvalue weighted by molar-refractivity contribution is 5.92. The van der Waals surface area contributed by atoms with Gasteiger partial charge in [-0.25, -0.2) is 0 Å². The molecular weight excluding hydrogens is 300 g/mol. The molecule has 1 aromatic heterocycles. The Kier molecular flexibility index (Phi) is 5.30. The van der Waals surface area contributed by atoms with Gasteiger partial charge in [-0.2, -0.15) is 5.10 Å². The molecule has 1 aliphatic rings. The third-order valence-electron chi connectivity index (χ3n) is 4.67. The number of hydrogen-bond acceptors (Lipinski definition) is 3. The molecule has 1 aliphatic heterocycles. The summed E-state index contributed by atoms with van der Waals surface area (Å²) in [4.78, 5) is 14.4. The number of hydrogen-bond donors (Lipinski definition) is 1. The lowest BCUT2D eigenvalue weighted by atomic mass is 9.97. The number of carbonyl (C=O) groups excluding carboxylic acids is 1. The zero-order valence-corrected chi connectivity index (χ0v) is 14.5. The zero-order valence-electron chi connectivity index (χ0n) is 14.5. The van der Waals surface area contributed by atoms with Crippen LogP contribution in [0.5, 0.6) is 0 Å². The lowest BCUT2D eigenvalue weighted by molar-refractivity contribution is -0.117. The van der Waals surface area contributed by atoms with Gasteiger partial charge >= 0.3 is 0 Å². The minimum atomic E-state index is 0.0678. The Morgan fingerprint density at radius 1 is 1.21 bits per heavy atom. The van der Waals surface area contributed by atoms with Crippen molar-refractivity contribution in [3.63, 3.8) is 0 Å². The molecule has 0 spiro atoms. The van der Waals surface area contributed by atoms with E-state index < -0.39 is 0 Å². The number of aromatic nitrogens is 2. The Hall–Kier alpha value is -2.14. The molecule has 2 aromatic rings. The van der Waals surface area contributed by atoms with E-state index >= 15 is 0 Å². The van der Waals surface area contributed by atoms with Crippen LogP contribution in [0.3, 0.4) is 0 Å². The maximum Gasteiger partial charge on any atom is 0.238 e. The van der Waals surface area contributed by atoms with Crippen molar-refractivity contribution in [3.8, 4) is 0 Å². The van der Waals surface area contributed by atoms with Crippen molar-refractivity contribution in [2.75, 3.05) is 25.0 Å². The normalized spacial score (nSPS) is 16.2. The van der Waals surface area contributed by atoms with Crippen LogP contribution in [0.2, 0.25) is 0 Å². The van der Waals surface area contributed by atoms with Gasteiger partial charge < -0.3 is 5.32 Å². The first-order valence-electron chi connectivity index (χ1n) is 8.68. The molecule has 24 heavy (non-hydrogen) atoms. The summed E-state index contributed by atoms with van der Waals surface area (Å²) in [5.41, 5.74) is 3.18. The van der Waals surface area contributed by atoms with Gasteiger partial charge in [-0.15, -0.1) is 0 Å². The van der Waals surface area contributed by atoms with E-state index in [0.29, 0.717) is 12.5 Å². The van der Waals surface area contributed by atoms with E-state index in [0.717, 1.165) is 43.9 Å². The number of amides is 1. The molecule has 0 aliphatic carbocycles. The second kappa shape index (κ2) is 7.62. The SMILES string of the molecule is Cc1cc(C)n(CC2CCN(CC(=O)Nc3ccccc3)CC2)n1. The van der Waals surface area contributed by atoms with Gasteiger partial charge in [0.05, 0.1) is 12.2 Å². The van der Waals surface area contributed by atoms with Crippen LogP contribution >= 0.6 is 0 Å². The van der Waals surface area contributed by atoms with E-state index in [9.17, 15) is 4.79 Å². The summed E-state index contributed by atoms with van der Waals surface area (Å²) in [6.07, 6.45) is 2.24. The molecule has 0 unspecified atom stereocenters. The van der Waals surface area contributed by atoms with Gasteiger partial charge in [-0.1, -0.05) is 18.2 Å². The number of rotatable bonds is 5. The molecule has 0 saturated carbocycles. The predicted octanol–water partition coefficient (Wildman–Crippen LogP) is 2.85. The van der Waals surface area contributed by atoms with Crippen molar-refractivity contribution in [3.05, 3.63) is 47.8 Å². The number of carbonyl (C=O) groups is 1. The van der Waals surface area contributed by atoms with Crippen molar-refractivity contribution in [1.29, 1.82) is 0 Å². The molecule has 1 fully saturated rings. The van der Waals surface area contributed by atoms with E-state index in [-0.39, 0.29) is 5.91 Å². The summed E-state index contributed by atoms with van der Waals surface area (Å²) in [6, 6.07) is 11.8. The molecule has 1 saturated heterocycles. The molecule has 2 heterocycles. The molecule has 0 atom stereocenters. The quantitative estimate of drug-likeness (QED) is 0.919. The lowest BCUT2D eigenvalue weighted by Crippen LogP contribution is -2.40. The fourth-order valence-electron chi connectivity index (χ4n) is 3.36. The third-order valence-corrected chi connectivity index (χ3v) is 4.67. The van der Waals surface area contributed by atoms with Crippen LogP contribution in [0.1, 0.15) is 24.2 Å². The summed E-state index contributed by atoms with van der Waals surface area (Å²) in [7, 11) is 0. The lowest BCUT2D eigenvalue weighted by Gasteiger charge is -2.31. The van der Waals surface area contributed by atoms with Crippen LogP contribution in [0.25, 0.3) is 0 Å². The number of aryl methyl sites for hydroxylation is 2.